The third-order valence-corrected chi connectivity index (χ3v) is 5.41. The predicted molar refractivity (Wildman–Crippen MR) is 115 cm³/mol. The van der Waals surface area contributed by atoms with Gasteiger partial charge < -0.3 is 19.7 Å². The van der Waals surface area contributed by atoms with Crippen LogP contribution in [0, 0.1) is 0 Å². The molecule has 0 unspecified atom stereocenters. The van der Waals surface area contributed by atoms with Crippen molar-refractivity contribution in [3.05, 3.63) is 70.3 Å². The van der Waals surface area contributed by atoms with Gasteiger partial charge in [-0.15, -0.1) is 0 Å². The molecule has 2 N–H and O–H groups in total. The lowest BCUT2D eigenvalue weighted by Crippen LogP contribution is -2.37. The van der Waals surface area contributed by atoms with E-state index in [-0.39, 0.29) is 11.5 Å². The summed E-state index contributed by atoms with van der Waals surface area (Å²) in [4.78, 5) is 12.9. The minimum absolute atomic E-state index is 0.171. The van der Waals surface area contributed by atoms with Gasteiger partial charge in [0.15, 0.2) is 18.0 Å². The number of phenolic OH excluding ortho intramolecular Hbond substituents is 1. The fourth-order valence-electron chi connectivity index (χ4n) is 3.75. The summed E-state index contributed by atoms with van der Waals surface area (Å²) >= 11 is 0. The van der Waals surface area contributed by atoms with Crippen LogP contribution in [0.2, 0.25) is 0 Å². The van der Waals surface area contributed by atoms with E-state index in [9.17, 15) is 15.0 Å². The topological polar surface area (TPSA) is 76.0 Å². The molecule has 0 aliphatic carbocycles. The summed E-state index contributed by atoms with van der Waals surface area (Å²) in [6.07, 6.45) is 4.18. The maximum atomic E-state index is 12.9. The molecule has 0 fully saturated rings. The first-order valence-corrected chi connectivity index (χ1v) is 10.1. The summed E-state index contributed by atoms with van der Waals surface area (Å²) in [5.74, 6) is 0.836. The molecule has 0 saturated heterocycles. The van der Waals surface area contributed by atoms with Crippen molar-refractivity contribution in [3.63, 3.8) is 0 Å². The van der Waals surface area contributed by atoms with Crippen molar-refractivity contribution in [2.45, 2.75) is 51.9 Å². The van der Waals surface area contributed by atoms with Gasteiger partial charge >= 0.3 is 0 Å². The molecule has 2 aromatic carbocycles. The lowest BCUT2D eigenvalue weighted by Gasteiger charge is -2.34. The van der Waals surface area contributed by atoms with Crippen molar-refractivity contribution in [3.8, 4) is 17.2 Å². The van der Waals surface area contributed by atoms with Crippen molar-refractivity contribution in [2.24, 2.45) is 0 Å². The molecule has 2 heterocycles. The number of aliphatic hydroxyl groups is 1. The van der Waals surface area contributed by atoms with E-state index in [1.165, 1.54) is 0 Å². The van der Waals surface area contributed by atoms with Gasteiger partial charge in [0.05, 0.1) is 11.1 Å². The van der Waals surface area contributed by atoms with Crippen molar-refractivity contribution in [1.29, 1.82) is 0 Å². The van der Waals surface area contributed by atoms with Gasteiger partial charge in [-0.05, 0) is 81.7 Å². The summed E-state index contributed by atoms with van der Waals surface area (Å²) in [5.41, 5.74) is 3.07. The number of carbonyl (C=O) groups is 1. The molecule has 5 nitrogen and oxygen atoms in total. The zero-order valence-electron chi connectivity index (χ0n) is 17.6. The Kier molecular flexibility index (Phi) is 4.94. The third-order valence-electron chi connectivity index (χ3n) is 5.41. The lowest BCUT2D eigenvalue weighted by molar-refractivity contribution is 0.0212. The maximum Gasteiger partial charge on any atom is 0.199 e. The van der Waals surface area contributed by atoms with Crippen molar-refractivity contribution in [1.82, 2.24) is 0 Å². The number of rotatable bonds is 3. The number of ketones is 1. The van der Waals surface area contributed by atoms with Crippen LogP contribution >= 0.6 is 0 Å². The first-order valence-electron chi connectivity index (χ1n) is 10.1. The monoisotopic (exact) mass is 406 g/mol. The molecule has 0 amide bonds. The van der Waals surface area contributed by atoms with Crippen LogP contribution in [0.5, 0.6) is 17.2 Å². The Balaban J connectivity index is 1.75. The van der Waals surface area contributed by atoms with Gasteiger partial charge in [0.1, 0.15) is 22.8 Å². The molecule has 2 aromatic rings. The summed E-state index contributed by atoms with van der Waals surface area (Å²) < 4.78 is 12.2. The van der Waals surface area contributed by atoms with Gasteiger partial charge in [-0.2, -0.15) is 0 Å². The Morgan fingerprint density at radius 2 is 1.97 bits per heavy atom. The molecule has 5 heteroatoms. The van der Waals surface area contributed by atoms with E-state index < -0.39 is 17.8 Å². The molecular weight excluding hydrogens is 380 g/mol. The molecule has 2 aliphatic rings. The van der Waals surface area contributed by atoms with E-state index in [0.29, 0.717) is 40.2 Å². The first-order chi connectivity index (χ1) is 14.2. The average Bonchev–Trinajstić information content (AvgIpc) is 2.68. The summed E-state index contributed by atoms with van der Waals surface area (Å²) in [6, 6.07) is 8.42. The highest BCUT2D eigenvalue weighted by molar-refractivity contribution is 6.04. The highest BCUT2D eigenvalue weighted by atomic mass is 16.5. The molecular formula is C25H26O5. The van der Waals surface area contributed by atoms with E-state index in [4.69, 9.17) is 9.47 Å². The molecule has 2 aliphatic heterocycles. The molecule has 30 heavy (non-hydrogen) atoms. The van der Waals surface area contributed by atoms with Gasteiger partial charge in [-0.1, -0.05) is 17.7 Å². The SMILES string of the molecule is CC(C)=CCc1cc([C@H]2Oc3c(ccc4c3C=CC(C)(C)O4)C(=O)[C@@H]2O)ccc1O. The second-order valence-corrected chi connectivity index (χ2v) is 8.61. The average molecular weight is 406 g/mol. The van der Waals surface area contributed by atoms with Crippen LogP contribution in [0.1, 0.15) is 60.8 Å². The minimum Gasteiger partial charge on any atom is -0.508 e. The number of phenols is 1. The van der Waals surface area contributed by atoms with Crippen LogP contribution in [-0.4, -0.2) is 27.7 Å². The van der Waals surface area contributed by atoms with Crippen LogP contribution in [0.4, 0.5) is 0 Å². The number of aromatic hydroxyl groups is 1. The van der Waals surface area contributed by atoms with Crippen molar-refractivity contribution >= 4 is 11.9 Å². The van der Waals surface area contributed by atoms with E-state index in [2.05, 4.69) is 0 Å². The Hall–Kier alpha value is -3.05. The Labute approximate surface area is 176 Å². The van der Waals surface area contributed by atoms with E-state index in [1.54, 1.807) is 30.3 Å². The number of ether oxygens (including phenoxy) is 2. The number of carbonyl (C=O) groups excluding carboxylic acids is 1. The van der Waals surface area contributed by atoms with Crippen LogP contribution < -0.4 is 9.47 Å². The van der Waals surface area contributed by atoms with E-state index in [1.807, 2.05) is 45.9 Å². The van der Waals surface area contributed by atoms with Crippen LogP contribution in [0.3, 0.4) is 0 Å². The molecule has 0 bridgehead atoms. The molecule has 0 saturated carbocycles. The van der Waals surface area contributed by atoms with E-state index in [0.717, 1.165) is 5.57 Å². The second kappa shape index (κ2) is 7.33. The number of aliphatic hydroxyl groups excluding tert-OH is 1. The van der Waals surface area contributed by atoms with Crippen molar-refractivity contribution < 1.29 is 24.5 Å². The minimum atomic E-state index is -1.33. The van der Waals surface area contributed by atoms with Gasteiger partial charge in [-0.25, -0.2) is 0 Å². The number of benzene rings is 2. The van der Waals surface area contributed by atoms with Crippen LogP contribution in [-0.2, 0) is 6.42 Å². The summed E-state index contributed by atoms with van der Waals surface area (Å²) in [5, 5.41) is 20.9. The maximum absolute atomic E-state index is 12.9. The number of fused-ring (bicyclic) bond motifs is 3. The predicted octanol–water partition coefficient (Wildman–Crippen LogP) is 4.76. The lowest BCUT2D eigenvalue weighted by atomic mass is 9.89. The number of allylic oxidation sites excluding steroid dienone is 2. The highest BCUT2D eigenvalue weighted by Crippen LogP contribution is 2.44. The third kappa shape index (κ3) is 3.61. The fraction of sp³-hybridized carbons (Fsp3) is 0.320. The molecule has 0 radical (unpaired) electrons. The Bertz CT molecular complexity index is 1070. The molecule has 0 spiro atoms. The molecule has 2 atom stereocenters. The van der Waals surface area contributed by atoms with E-state index >= 15 is 0 Å². The number of hydrogen-bond acceptors (Lipinski definition) is 5. The molecule has 0 aromatic heterocycles. The normalized spacial score (nSPS) is 21.2. The van der Waals surface area contributed by atoms with Crippen LogP contribution in [0.25, 0.3) is 6.08 Å². The number of hydrogen-bond donors (Lipinski definition) is 2. The molecule has 156 valence electrons. The Morgan fingerprint density at radius 1 is 1.20 bits per heavy atom. The van der Waals surface area contributed by atoms with Crippen molar-refractivity contribution in [2.75, 3.05) is 0 Å². The van der Waals surface area contributed by atoms with Gasteiger partial charge in [0.25, 0.3) is 0 Å². The summed E-state index contributed by atoms with van der Waals surface area (Å²) in [6.45, 7) is 7.89. The zero-order valence-corrected chi connectivity index (χ0v) is 17.6. The van der Waals surface area contributed by atoms with Crippen LogP contribution in [0.15, 0.2) is 48.1 Å². The van der Waals surface area contributed by atoms with Gasteiger partial charge in [0.2, 0.25) is 0 Å². The standard InChI is InChI=1S/C25H26O5/c1-14(2)5-6-15-13-16(7-9-19(15)26)23-22(28)21(27)18-8-10-20-17(24(18)29-23)11-12-25(3,4)30-20/h5,7-13,22-23,26,28H,6H2,1-4H3/t22-,23+/m0/s1. The summed E-state index contributed by atoms with van der Waals surface area (Å²) in [7, 11) is 0. The fourth-order valence-corrected chi connectivity index (χ4v) is 3.75. The van der Waals surface area contributed by atoms with Gasteiger partial charge in [0, 0.05) is 0 Å². The second-order valence-electron chi connectivity index (χ2n) is 8.61. The first kappa shape index (κ1) is 20.2. The smallest absolute Gasteiger partial charge is 0.199 e. The molecule has 4 rings (SSSR count). The number of Topliss-reactive ketones (excluding diaryl/α,β-unsaturated/α-hetero) is 1. The Morgan fingerprint density at radius 3 is 2.70 bits per heavy atom. The largest absolute Gasteiger partial charge is 0.508 e. The highest BCUT2D eigenvalue weighted by Gasteiger charge is 2.39. The zero-order chi connectivity index (χ0) is 21.6. The van der Waals surface area contributed by atoms with Gasteiger partial charge in [-0.3, -0.25) is 4.79 Å². The quantitative estimate of drug-likeness (QED) is 0.719.